The van der Waals surface area contributed by atoms with E-state index in [0.717, 1.165) is 43.4 Å². The fraction of sp³-hybridized carbons (Fsp3) is 0.533. The quantitative estimate of drug-likeness (QED) is 0.914. The maximum Gasteiger partial charge on any atom is 0.123 e. The first-order chi connectivity index (χ1) is 9.28. The number of nitrogens with one attached hydrogen (secondary N) is 1. The minimum Gasteiger partial charge on any atom is -0.490 e. The third kappa shape index (κ3) is 2.91. The summed E-state index contributed by atoms with van der Waals surface area (Å²) in [7, 11) is 0. The monoisotopic (exact) mass is 295 g/mol. The van der Waals surface area contributed by atoms with Crippen molar-refractivity contribution < 1.29 is 4.74 Å². The van der Waals surface area contributed by atoms with E-state index in [1.165, 1.54) is 10.9 Å². The van der Waals surface area contributed by atoms with Crippen molar-refractivity contribution in [1.82, 2.24) is 10.2 Å². The van der Waals surface area contributed by atoms with Crippen LogP contribution in [-0.2, 0) is 6.42 Å². The number of H-pyrrole nitrogens is 1. The molecule has 1 heterocycles. The van der Waals surface area contributed by atoms with Crippen LogP contribution in [0.3, 0.4) is 0 Å². The summed E-state index contributed by atoms with van der Waals surface area (Å²) in [5.74, 6) is 1.01. The Bertz CT molecular complexity index is 561. The first-order valence-corrected chi connectivity index (χ1v) is 7.15. The van der Waals surface area contributed by atoms with Gasteiger partial charge in [-0.15, -0.1) is 12.4 Å². The largest absolute Gasteiger partial charge is 0.490 e. The van der Waals surface area contributed by atoms with Gasteiger partial charge in [-0.05, 0) is 44.2 Å². The van der Waals surface area contributed by atoms with Crippen LogP contribution >= 0.6 is 12.4 Å². The molecule has 1 aliphatic rings. The molecule has 1 fully saturated rings. The molecule has 4 nitrogen and oxygen atoms in total. The first kappa shape index (κ1) is 15.1. The molecule has 1 aromatic carbocycles. The van der Waals surface area contributed by atoms with Gasteiger partial charge in [-0.1, -0.05) is 6.92 Å². The lowest BCUT2D eigenvalue weighted by Gasteiger charge is -2.27. The van der Waals surface area contributed by atoms with Crippen LogP contribution in [0, 0.1) is 0 Å². The van der Waals surface area contributed by atoms with Gasteiger partial charge in [-0.25, -0.2) is 0 Å². The molecule has 110 valence electrons. The molecule has 1 aromatic heterocycles. The van der Waals surface area contributed by atoms with Gasteiger partial charge in [0.05, 0.1) is 17.8 Å². The number of aromatic amines is 1. The Kier molecular flexibility index (Phi) is 4.89. The van der Waals surface area contributed by atoms with Crippen LogP contribution in [0.4, 0.5) is 0 Å². The van der Waals surface area contributed by atoms with Crippen molar-refractivity contribution in [3.63, 3.8) is 0 Å². The van der Waals surface area contributed by atoms with Gasteiger partial charge in [-0.2, -0.15) is 5.10 Å². The topological polar surface area (TPSA) is 63.9 Å². The molecule has 0 saturated heterocycles. The van der Waals surface area contributed by atoms with Crippen LogP contribution in [0.25, 0.3) is 10.9 Å². The van der Waals surface area contributed by atoms with Crippen LogP contribution in [0.2, 0.25) is 0 Å². The van der Waals surface area contributed by atoms with Gasteiger partial charge in [0.1, 0.15) is 5.75 Å². The summed E-state index contributed by atoms with van der Waals surface area (Å²) in [5, 5.41) is 8.29. The van der Waals surface area contributed by atoms with Crippen LogP contribution in [0.1, 0.15) is 38.2 Å². The van der Waals surface area contributed by atoms with Crippen molar-refractivity contribution in [1.29, 1.82) is 0 Å². The van der Waals surface area contributed by atoms with Crippen molar-refractivity contribution in [2.45, 2.75) is 51.2 Å². The minimum atomic E-state index is 0. The summed E-state index contributed by atoms with van der Waals surface area (Å²) >= 11 is 0. The van der Waals surface area contributed by atoms with Gasteiger partial charge in [0.15, 0.2) is 0 Å². The smallest absolute Gasteiger partial charge is 0.123 e. The number of benzene rings is 1. The molecule has 0 spiro atoms. The number of aryl methyl sites for hydroxylation is 1. The lowest BCUT2D eigenvalue weighted by molar-refractivity contribution is 0.146. The summed E-state index contributed by atoms with van der Waals surface area (Å²) in [6.45, 7) is 2.16. The Morgan fingerprint density at radius 3 is 2.75 bits per heavy atom. The predicted octanol–water partition coefficient (Wildman–Crippen LogP) is 3.20. The Morgan fingerprint density at radius 2 is 2.05 bits per heavy atom. The van der Waals surface area contributed by atoms with Crippen molar-refractivity contribution in [2.75, 3.05) is 0 Å². The lowest BCUT2D eigenvalue weighted by atomic mass is 9.93. The van der Waals surface area contributed by atoms with E-state index in [2.05, 4.69) is 23.2 Å². The molecule has 0 bridgehead atoms. The van der Waals surface area contributed by atoms with E-state index in [-0.39, 0.29) is 12.4 Å². The number of hydrogen-bond acceptors (Lipinski definition) is 3. The van der Waals surface area contributed by atoms with Crippen molar-refractivity contribution in [2.24, 2.45) is 5.73 Å². The minimum absolute atomic E-state index is 0. The summed E-state index contributed by atoms with van der Waals surface area (Å²) in [4.78, 5) is 0. The van der Waals surface area contributed by atoms with E-state index < -0.39 is 0 Å². The number of ether oxygens (including phenoxy) is 1. The number of fused-ring (bicyclic) bond motifs is 1. The molecule has 3 rings (SSSR count). The van der Waals surface area contributed by atoms with E-state index >= 15 is 0 Å². The highest BCUT2D eigenvalue weighted by molar-refractivity contribution is 5.85. The van der Waals surface area contributed by atoms with E-state index in [1.54, 1.807) is 0 Å². The summed E-state index contributed by atoms with van der Waals surface area (Å²) in [6, 6.07) is 4.47. The van der Waals surface area contributed by atoms with Crippen molar-refractivity contribution in [3.8, 4) is 5.75 Å². The fourth-order valence-electron chi connectivity index (χ4n) is 2.92. The fourth-order valence-corrected chi connectivity index (χ4v) is 2.92. The number of halogens is 1. The van der Waals surface area contributed by atoms with Crippen molar-refractivity contribution >= 4 is 23.3 Å². The van der Waals surface area contributed by atoms with Gasteiger partial charge in [-0.3, -0.25) is 5.10 Å². The lowest BCUT2D eigenvalue weighted by Crippen LogP contribution is -2.31. The maximum absolute atomic E-state index is 6.21. The van der Waals surface area contributed by atoms with Gasteiger partial charge in [0, 0.05) is 17.0 Å². The zero-order chi connectivity index (χ0) is 13.2. The van der Waals surface area contributed by atoms with E-state index in [4.69, 9.17) is 10.5 Å². The molecule has 2 aromatic rings. The maximum atomic E-state index is 6.21. The van der Waals surface area contributed by atoms with Gasteiger partial charge in [0.25, 0.3) is 0 Å². The second-order valence-electron chi connectivity index (χ2n) is 5.38. The molecule has 0 unspecified atom stereocenters. The highest BCUT2D eigenvalue weighted by Gasteiger charge is 2.21. The van der Waals surface area contributed by atoms with Crippen LogP contribution < -0.4 is 10.5 Å². The standard InChI is InChI=1S/C15H21N3O.ClH/c1-2-12-13-9-17-18-14(13)7-8-15(12)19-11-5-3-10(16)4-6-11;/h7-11H,2-6,16H2,1H3,(H,17,18);1H. The van der Waals surface area contributed by atoms with E-state index in [0.29, 0.717) is 12.1 Å². The second-order valence-corrected chi connectivity index (χ2v) is 5.38. The second kappa shape index (κ2) is 6.46. The first-order valence-electron chi connectivity index (χ1n) is 7.15. The molecule has 3 N–H and O–H groups in total. The Hall–Kier alpha value is -1.26. The molecule has 0 radical (unpaired) electrons. The molecule has 0 atom stereocenters. The molecule has 0 amide bonds. The number of hydrogen-bond donors (Lipinski definition) is 2. The number of rotatable bonds is 3. The summed E-state index contributed by atoms with van der Waals surface area (Å²) < 4.78 is 6.21. The third-order valence-corrected chi connectivity index (χ3v) is 4.06. The van der Waals surface area contributed by atoms with Crippen LogP contribution in [0.5, 0.6) is 5.75 Å². The van der Waals surface area contributed by atoms with Gasteiger partial charge in [0.2, 0.25) is 0 Å². The average molecular weight is 296 g/mol. The van der Waals surface area contributed by atoms with Crippen molar-refractivity contribution in [3.05, 3.63) is 23.9 Å². The normalized spacial score (nSPS) is 22.5. The number of nitrogens with two attached hydrogens (primary N) is 1. The van der Waals surface area contributed by atoms with E-state index in [1.807, 2.05) is 12.3 Å². The van der Waals surface area contributed by atoms with Crippen LogP contribution in [0.15, 0.2) is 18.3 Å². The predicted molar refractivity (Wildman–Crippen MR) is 83.6 cm³/mol. The molecule has 1 saturated carbocycles. The molecule has 20 heavy (non-hydrogen) atoms. The van der Waals surface area contributed by atoms with E-state index in [9.17, 15) is 0 Å². The number of nitrogens with zero attached hydrogens (tertiary/aromatic N) is 1. The third-order valence-electron chi connectivity index (χ3n) is 4.06. The Morgan fingerprint density at radius 1 is 1.30 bits per heavy atom. The molecule has 0 aliphatic heterocycles. The molecular formula is C15H22ClN3O. The average Bonchev–Trinajstić information content (AvgIpc) is 2.89. The summed E-state index contributed by atoms with van der Waals surface area (Å²) in [6.07, 6.45) is 7.42. The molecule has 5 heteroatoms. The zero-order valence-corrected chi connectivity index (χ0v) is 12.6. The Balaban J connectivity index is 0.00000147. The summed E-state index contributed by atoms with van der Waals surface area (Å²) in [5.41, 5.74) is 8.27. The van der Waals surface area contributed by atoms with Gasteiger partial charge < -0.3 is 10.5 Å². The Labute approximate surface area is 125 Å². The highest BCUT2D eigenvalue weighted by Crippen LogP contribution is 2.30. The van der Waals surface area contributed by atoms with Crippen LogP contribution in [-0.4, -0.2) is 22.3 Å². The molecule has 1 aliphatic carbocycles. The van der Waals surface area contributed by atoms with Gasteiger partial charge >= 0.3 is 0 Å². The SMILES string of the molecule is CCc1c(OC2CCC(N)CC2)ccc2[nH]ncc12.Cl. The zero-order valence-electron chi connectivity index (χ0n) is 11.8. The highest BCUT2D eigenvalue weighted by atomic mass is 35.5. The molecular weight excluding hydrogens is 274 g/mol. The number of aromatic nitrogens is 2.